The third-order valence-electron chi connectivity index (χ3n) is 4.04. The van der Waals surface area contributed by atoms with Gasteiger partial charge in [0.25, 0.3) is 5.91 Å². The number of carboxylic acids is 1. The van der Waals surface area contributed by atoms with Gasteiger partial charge in [-0.25, -0.2) is 4.79 Å². The molecule has 0 saturated heterocycles. The number of amides is 1. The van der Waals surface area contributed by atoms with Crippen molar-refractivity contribution in [3.05, 3.63) is 53.6 Å². The molecule has 4 nitrogen and oxygen atoms in total. The second-order valence-electron chi connectivity index (χ2n) is 5.45. The summed E-state index contributed by atoms with van der Waals surface area (Å²) in [6, 6.07) is 13.5. The van der Waals surface area contributed by atoms with Crippen molar-refractivity contribution < 1.29 is 14.7 Å². The van der Waals surface area contributed by atoms with Crippen molar-refractivity contribution in [1.29, 1.82) is 0 Å². The van der Waals surface area contributed by atoms with Gasteiger partial charge in [0, 0.05) is 22.2 Å². The van der Waals surface area contributed by atoms with Crippen molar-refractivity contribution in [2.45, 2.75) is 25.7 Å². The fraction of sp³-hybridized carbons (Fsp3) is 0.222. The molecule has 0 bridgehead atoms. The molecule has 0 spiro atoms. The Morgan fingerprint density at radius 1 is 0.909 bits per heavy atom. The van der Waals surface area contributed by atoms with E-state index in [9.17, 15) is 14.7 Å². The number of carboxylic acid groups (broad SMARTS) is 1. The third-order valence-corrected chi connectivity index (χ3v) is 4.04. The summed E-state index contributed by atoms with van der Waals surface area (Å²) in [5, 5.41) is 14.1. The van der Waals surface area contributed by atoms with Crippen LogP contribution in [0.25, 0.3) is 10.8 Å². The van der Waals surface area contributed by atoms with Crippen LogP contribution >= 0.6 is 0 Å². The summed E-state index contributed by atoms with van der Waals surface area (Å²) in [7, 11) is 0. The zero-order chi connectivity index (χ0) is 15.5. The molecule has 22 heavy (non-hydrogen) atoms. The van der Waals surface area contributed by atoms with E-state index in [1.54, 1.807) is 0 Å². The summed E-state index contributed by atoms with van der Waals surface area (Å²) in [5.41, 5.74) is 1.38. The van der Waals surface area contributed by atoms with Crippen LogP contribution in [0.1, 0.15) is 25.7 Å². The van der Waals surface area contributed by atoms with Gasteiger partial charge >= 0.3 is 5.97 Å². The highest BCUT2D eigenvalue weighted by Crippen LogP contribution is 2.28. The molecular weight excluding hydrogens is 278 g/mol. The highest BCUT2D eigenvalue weighted by molar-refractivity contribution is 6.12. The maximum atomic E-state index is 12.5. The number of hydrogen-bond acceptors (Lipinski definition) is 2. The molecule has 1 aliphatic rings. The van der Waals surface area contributed by atoms with E-state index in [1.165, 1.54) is 0 Å². The van der Waals surface area contributed by atoms with E-state index in [2.05, 4.69) is 5.32 Å². The average molecular weight is 295 g/mol. The Labute approximate surface area is 128 Å². The van der Waals surface area contributed by atoms with Crippen molar-refractivity contribution in [2.24, 2.45) is 0 Å². The molecule has 0 atom stereocenters. The molecule has 2 aromatic carbocycles. The fourth-order valence-electron chi connectivity index (χ4n) is 2.92. The van der Waals surface area contributed by atoms with Crippen LogP contribution in [0.15, 0.2) is 53.6 Å². The maximum Gasteiger partial charge on any atom is 0.332 e. The Morgan fingerprint density at radius 2 is 1.59 bits per heavy atom. The molecular formula is C18H17NO3. The summed E-state index contributed by atoms with van der Waals surface area (Å²) in [6.07, 6.45) is 2.67. The molecule has 112 valence electrons. The topological polar surface area (TPSA) is 66.4 Å². The zero-order valence-electron chi connectivity index (χ0n) is 12.1. The van der Waals surface area contributed by atoms with E-state index in [0.29, 0.717) is 24.1 Å². The van der Waals surface area contributed by atoms with Gasteiger partial charge < -0.3 is 10.4 Å². The van der Waals surface area contributed by atoms with E-state index in [4.69, 9.17) is 0 Å². The highest BCUT2D eigenvalue weighted by atomic mass is 16.4. The summed E-state index contributed by atoms with van der Waals surface area (Å²) in [5.74, 6) is -1.28. The van der Waals surface area contributed by atoms with Crippen molar-refractivity contribution in [1.82, 2.24) is 0 Å². The van der Waals surface area contributed by atoms with Crippen LogP contribution in [-0.2, 0) is 9.59 Å². The molecule has 3 rings (SSSR count). The number of aliphatic carboxylic acids is 1. The molecule has 4 heteroatoms. The first-order chi connectivity index (χ1) is 10.7. The average Bonchev–Trinajstić information content (AvgIpc) is 2.55. The Kier molecular flexibility index (Phi) is 3.92. The van der Waals surface area contributed by atoms with Crippen molar-refractivity contribution in [2.75, 3.05) is 5.32 Å². The lowest BCUT2D eigenvalue weighted by molar-refractivity contribution is -0.133. The summed E-state index contributed by atoms with van der Waals surface area (Å²) < 4.78 is 0. The second kappa shape index (κ2) is 6.02. The minimum atomic E-state index is -0.984. The van der Waals surface area contributed by atoms with E-state index >= 15 is 0 Å². The molecule has 0 radical (unpaired) electrons. The Balaban J connectivity index is 1.94. The SMILES string of the molecule is O=C(O)C1=C(C(=O)Nc2cccc3ccccc23)CCCC1. The molecule has 0 unspecified atom stereocenters. The van der Waals surface area contributed by atoms with Gasteiger partial charge in [-0.2, -0.15) is 0 Å². The van der Waals surface area contributed by atoms with Gasteiger partial charge in [-0.1, -0.05) is 36.4 Å². The minimum absolute atomic E-state index is 0.254. The normalized spacial score (nSPS) is 14.9. The van der Waals surface area contributed by atoms with Gasteiger partial charge in [0.2, 0.25) is 0 Å². The standard InChI is InChI=1S/C18H17NO3/c20-17(14-9-3-4-10-15(14)18(21)22)19-16-11-5-7-12-6-1-2-8-13(12)16/h1-2,5-8,11H,3-4,9-10H2,(H,19,20)(H,21,22). The summed E-state index contributed by atoms with van der Waals surface area (Å²) in [4.78, 5) is 23.8. The molecule has 0 fully saturated rings. The number of benzene rings is 2. The van der Waals surface area contributed by atoms with Crippen LogP contribution in [0, 0.1) is 0 Å². The van der Waals surface area contributed by atoms with Crippen LogP contribution in [-0.4, -0.2) is 17.0 Å². The molecule has 0 aromatic heterocycles. The van der Waals surface area contributed by atoms with Gasteiger partial charge in [0.1, 0.15) is 0 Å². The number of nitrogens with one attached hydrogen (secondary N) is 1. The van der Waals surface area contributed by atoms with E-state index in [-0.39, 0.29) is 11.5 Å². The molecule has 2 N–H and O–H groups in total. The van der Waals surface area contributed by atoms with Crippen LogP contribution in [0.2, 0.25) is 0 Å². The first-order valence-electron chi connectivity index (χ1n) is 7.41. The van der Waals surface area contributed by atoms with Crippen LogP contribution in [0.5, 0.6) is 0 Å². The number of rotatable bonds is 3. The molecule has 0 heterocycles. The van der Waals surface area contributed by atoms with E-state index < -0.39 is 5.97 Å². The number of carbonyl (C=O) groups is 2. The zero-order valence-corrected chi connectivity index (χ0v) is 12.1. The number of carbonyl (C=O) groups excluding carboxylic acids is 1. The molecule has 0 aliphatic heterocycles. The number of anilines is 1. The van der Waals surface area contributed by atoms with Crippen molar-refractivity contribution >= 4 is 28.3 Å². The quantitative estimate of drug-likeness (QED) is 0.906. The van der Waals surface area contributed by atoms with Crippen molar-refractivity contribution in [3.8, 4) is 0 Å². The Hall–Kier alpha value is -2.62. The lowest BCUT2D eigenvalue weighted by Gasteiger charge is -2.17. The summed E-state index contributed by atoms with van der Waals surface area (Å²) in [6.45, 7) is 0. The van der Waals surface area contributed by atoms with Gasteiger partial charge in [-0.05, 0) is 37.1 Å². The monoisotopic (exact) mass is 295 g/mol. The van der Waals surface area contributed by atoms with Gasteiger partial charge in [0.05, 0.1) is 0 Å². The van der Waals surface area contributed by atoms with Crippen LogP contribution < -0.4 is 5.32 Å². The predicted octanol–water partition coefficient (Wildman–Crippen LogP) is 3.73. The Bertz CT molecular complexity index is 772. The summed E-state index contributed by atoms with van der Waals surface area (Å²) >= 11 is 0. The largest absolute Gasteiger partial charge is 0.478 e. The minimum Gasteiger partial charge on any atom is -0.478 e. The van der Waals surface area contributed by atoms with Crippen LogP contribution in [0.4, 0.5) is 5.69 Å². The van der Waals surface area contributed by atoms with Crippen LogP contribution in [0.3, 0.4) is 0 Å². The van der Waals surface area contributed by atoms with E-state index in [0.717, 1.165) is 23.6 Å². The maximum absolute atomic E-state index is 12.5. The molecule has 1 aliphatic carbocycles. The highest BCUT2D eigenvalue weighted by Gasteiger charge is 2.23. The molecule has 0 saturated carbocycles. The number of hydrogen-bond donors (Lipinski definition) is 2. The molecule has 1 amide bonds. The van der Waals surface area contributed by atoms with Gasteiger partial charge in [-0.3, -0.25) is 4.79 Å². The van der Waals surface area contributed by atoms with E-state index in [1.807, 2.05) is 42.5 Å². The fourth-order valence-corrected chi connectivity index (χ4v) is 2.92. The lowest BCUT2D eigenvalue weighted by Crippen LogP contribution is -2.21. The predicted molar refractivity (Wildman–Crippen MR) is 85.7 cm³/mol. The second-order valence-corrected chi connectivity index (χ2v) is 5.45. The number of fused-ring (bicyclic) bond motifs is 1. The first kappa shape index (κ1) is 14.3. The smallest absolute Gasteiger partial charge is 0.332 e. The Morgan fingerprint density at radius 3 is 2.36 bits per heavy atom. The van der Waals surface area contributed by atoms with Crippen molar-refractivity contribution in [3.63, 3.8) is 0 Å². The van der Waals surface area contributed by atoms with Gasteiger partial charge in [-0.15, -0.1) is 0 Å². The molecule has 2 aromatic rings. The first-order valence-corrected chi connectivity index (χ1v) is 7.41. The lowest BCUT2D eigenvalue weighted by atomic mass is 9.91. The third kappa shape index (κ3) is 2.72. The van der Waals surface area contributed by atoms with Gasteiger partial charge in [0.15, 0.2) is 0 Å².